The molecule has 0 aromatic heterocycles. The van der Waals surface area contributed by atoms with E-state index >= 15 is 0 Å². The van der Waals surface area contributed by atoms with Gasteiger partial charge >= 0.3 is 0 Å². The quantitative estimate of drug-likeness (QED) is 0.654. The van der Waals surface area contributed by atoms with Crippen LogP contribution in [0.2, 0.25) is 0 Å². The summed E-state index contributed by atoms with van der Waals surface area (Å²) in [6, 6.07) is 13.0. The Labute approximate surface area is 129 Å². The van der Waals surface area contributed by atoms with Crippen LogP contribution in [0, 0.1) is 17.0 Å². The van der Waals surface area contributed by atoms with Gasteiger partial charge in [0.05, 0.1) is 4.92 Å². The van der Waals surface area contributed by atoms with Gasteiger partial charge in [-0.15, -0.1) is 0 Å². The van der Waals surface area contributed by atoms with Crippen LogP contribution >= 0.6 is 0 Å². The average Bonchev–Trinajstić information content (AvgIpc) is 2.49. The van der Waals surface area contributed by atoms with Crippen molar-refractivity contribution >= 4 is 15.7 Å². The van der Waals surface area contributed by atoms with Crippen LogP contribution in [-0.2, 0) is 16.4 Å². The zero-order chi connectivity index (χ0) is 16.2. The van der Waals surface area contributed by atoms with E-state index in [1.807, 2.05) is 31.2 Å². The minimum Gasteiger partial charge on any atom is -0.258 e. The molecule has 0 aliphatic heterocycles. The van der Waals surface area contributed by atoms with E-state index in [1.165, 1.54) is 24.3 Å². The number of benzene rings is 2. The van der Waals surface area contributed by atoms with Crippen LogP contribution in [0.4, 0.5) is 5.69 Å². The molecule has 0 saturated heterocycles. The van der Waals surface area contributed by atoms with Crippen LogP contribution in [0.25, 0.3) is 0 Å². The molecular weight excluding hydrogens is 304 g/mol. The largest absolute Gasteiger partial charge is 0.289 e. The maximum absolute atomic E-state index is 12.2. The van der Waals surface area contributed by atoms with Gasteiger partial charge in [-0.25, -0.2) is 13.1 Å². The summed E-state index contributed by atoms with van der Waals surface area (Å²) in [6.07, 6.45) is 0.520. The van der Waals surface area contributed by atoms with E-state index in [-0.39, 0.29) is 11.4 Å². The first kappa shape index (κ1) is 16.1. The minimum absolute atomic E-state index is 0.180. The number of para-hydroxylation sites is 1. The van der Waals surface area contributed by atoms with Gasteiger partial charge in [-0.3, -0.25) is 10.1 Å². The van der Waals surface area contributed by atoms with E-state index < -0.39 is 20.6 Å². The van der Waals surface area contributed by atoms with Crippen molar-refractivity contribution in [3.63, 3.8) is 0 Å². The third kappa shape index (κ3) is 3.69. The molecule has 7 heteroatoms. The lowest BCUT2D eigenvalue weighted by molar-refractivity contribution is -0.387. The first-order valence-electron chi connectivity index (χ1n) is 6.69. The molecule has 0 saturated carbocycles. The van der Waals surface area contributed by atoms with E-state index in [9.17, 15) is 18.5 Å². The number of sulfonamides is 1. The molecule has 0 aliphatic carbocycles. The van der Waals surface area contributed by atoms with Crippen LogP contribution in [0.5, 0.6) is 0 Å². The van der Waals surface area contributed by atoms with E-state index in [2.05, 4.69) is 4.72 Å². The number of hydrogen-bond acceptors (Lipinski definition) is 4. The fourth-order valence-corrected chi connectivity index (χ4v) is 3.33. The number of aryl methyl sites for hydroxylation is 1. The Morgan fingerprint density at radius 1 is 1.09 bits per heavy atom. The highest BCUT2D eigenvalue weighted by Gasteiger charge is 2.24. The molecule has 6 nitrogen and oxygen atoms in total. The van der Waals surface area contributed by atoms with Crippen molar-refractivity contribution in [3.05, 3.63) is 69.8 Å². The first-order chi connectivity index (χ1) is 10.4. The summed E-state index contributed by atoms with van der Waals surface area (Å²) in [7, 11) is -3.91. The lowest BCUT2D eigenvalue weighted by atomic mass is 10.1. The number of nitrogens with zero attached hydrogens (tertiary/aromatic N) is 1. The monoisotopic (exact) mass is 320 g/mol. The highest BCUT2D eigenvalue weighted by molar-refractivity contribution is 7.89. The SMILES string of the molecule is Cc1ccccc1CCNS(=O)(=O)c1ccccc1[N+](=O)[O-]. The van der Waals surface area contributed by atoms with Crippen LogP contribution in [0.15, 0.2) is 53.4 Å². The van der Waals surface area contributed by atoms with Crippen molar-refractivity contribution in [1.29, 1.82) is 0 Å². The molecule has 0 heterocycles. The van der Waals surface area contributed by atoms with E-state index in [0.717, 1.165) is 11.1 Å². The molecule has 2 aromatic rings. The topological polar surface area (TPSA) is 89.3 Å². The molecule has 2 rings (SSSR count). The number of nitro groups is 1. The normalized spacial score (nSPS) is 11.3. The Morgan fingerprint density at radius 2 is 1.73 bits per heavy atom. The minimum atomic E-state index is -3.91. The molecule has 0 amide bonds. The third-order valence-corrected chi connectivity index (χ3v) is 4.81. The maximum Gasteiger partial charge on any atom is 0.289 e. The van der Waals surface area contributed by atoms with Gasteiger partial charge in [0.15, 0.2) is 4.90 Å². The third-order valence-electron chi connectivity index (χ3n) is 3.30. The van der Waals surface area contributed by atoms with Crippen LogP contribution in [0.3, 0.4) is 0 Å². The standard InChI is InChI=1S/C15H16N2O4S/c1-12-6-2-3-7-13(12)10-11-16-22(20,21)15-9-5-4-8-14(15)17(18)19/h2-9,16H,10-11H2,1H3. The molecule has 2 aromatic carbocycles. The van der Waals surface area contributed by atoms with Crippen molar-refractivity contribution in [3.8, 4) is 0 Å². The molecule has 0 aliphatic rings. The first-order valence-corrected chi connectivity index (χ1v) is 8.18. The van der Waals surface area contributed by atoms with Crippen molar-refractivity contribution < 1.29 is 13.3 Å². The highest BCUT2D eigenvalue weighted by Crippen LogP contribution is 2.22. The fraction of sp³-hybridized carbons (Fsp3) is 0.200. The van der Waals surface area contributed by atoms with Gasteiger partial charge in [0.1, 0.15) is 0 Å². The molecule has 0 radical (unpaired) electrons. The van der Waals surface area contributed by atoms with Gasteiger partial charge < -0.3 is 0 Å². The number of nitrogens with one attached hydrogen (secondary N) is 1. The van der Waals surface area contributed by atoms with E-state index in [1.54, 1.807) is 0 Å². The lowest BCUT2D eigenvalue weighted by Crippen LogP contribution is -2.26. The Kier molecular flexibility index (Phi) is 4.89. The van der Waals surface area contributed by atoms with Gasteiger partial charge in [-0.1, -0.05) is 36.4 Å². The van der Waals surface area contributed by atoms with E-state index in [4.69, 9.17) is 0 Å². The number of nitro benzene ring substituents is 1. The predicted octanol–water partition coefficient (Wildman–Crippen LogP) is 2.42. The Morgan fingerprint density at radius 3 is 2.41 bits per heavy atom. The molecule has 116 valence electrons. The predicted molar refractivity (Wildman–Crippen MR) is 83.2 cm³/mol. The smallest absolute Gasteiger partial charge is 0.258 e. The molecule has 0 fully saturated rings. The van der Waals surface area contributed by atoms with E-state index in [0.29, 0.717) is 6.42 Å². The Balaban J connectivity index is 2.13. The van der Waals surface area contributed by atoms with Gasteiger partial charge in [-0.05, 0) is 30.5 Å². The van der Waals surface area contributed by atoms with Gasteiger partial charge in [0.2, 0.25) is 10.0 Å². The Bertz CT molecular complexity index is 788. The molecule has 0 atom stereocenters. The highest BCUT2D eigenvalue weighted by atomic mass is 32.2. The van der Waals surface area contributed by atoms with Crippen LogP contribution in [-0.4, -0.2) is 19.9 Å². The molecule has 0 spiro atoms. The molecule has 0 unspecified atom stereocenters. The zero-order valence-corrected chi connectivity index (χ0v) is 12.8. The summed E-state index contributed by atoms with van der Waals surface area (Å²) >= 11 is 0. The van der Waals surface area contributed by atoms with Gasteiger partial charge in [0, 0.05) is 12.6 Å². The summed E-state index contributed by atoms with van der Waals surface area (Å²) < 4.78 is 26.8. The number of hydrogen-bond donors (Lipinski definition) is 1. The van der Waals surface area contributed by atoms with Crippen molar-refractivity contribution in [2.24, 2.45) is 0 Å². The second-order valence-corrected chi connectivity index (χ2v) is 6.53. The van der Waals surface area contributed by atoms with Crippen molar-refractivity contribution in [2.45, 2.75) is 18.2 Å². The van der Waals surface area contributed by atoms with Crippen molar-refractivity contribution in [1.82, 2.24) is 4.72 Å². The summed E-state index contributed by atoms with van der Waals surface area (Å²) in [4.78, 5) is 9.91. The molecule has 0 bridgehead atoms. The van der Waals surface area contributed by atoms with Crippen LogP contribution < -0.4 is 4.72 Å². The summed E-state index contributed by atoms with van der Waals surface area (Å²) in [5.41, 5.74) is 1.69. The maximum atomic E-state index is 12.2. The van der Waals surface area contributed by atoms with Crippen LogP contribution in [0.1, 0.15) is 11.1 Å². The second kappa shape index (κ2) is 6.67. The average molecular weight is 320 g/mol. The summed E-state index contributed by atoms with van der Waals surface area (Å²) in [6.45, 7) is 2.13. The number of rotatable bonds is 6. The Hall–Kier alpha value is -2.25. The summed E-state index contributed by atoms with van der Waals surface area (Å²) in [5.74, 6) is 0. The second-order valence-electron chi connectivity index (χ2n) is 4.80. The fourth-order valence-electron chi connectivity index (χ4n) is 2.12. The molecule has 1 N–H and O–H groups in total. The molecular formula is C15H16N2O4S. The summed E-state index contributed by atoms with van der Waals surface area (Å²) in [5, 5.41) is 10.9. The van der Waals surface area contributed by atoms with Gasteiger partial charge in [0.25, 0.3) is 5.69 Å². The van der Waals surface area contributed by atoms with Crippen molar-refractivity contribution in [2.75, 3.05) is 6.54 Å². The molecule has 22 heavy (non-hydrogen) atoms. The van der Waals surface area contributed by atoms with Gasteiger partial charge in [-0.2, -0.15) is 0 Å². The lowest BCUT2D eigenvalue weighted by Gasteiger charge is -2.08. The zero-order valence-electron chi connectivity index (χ0n) is 12.0.